The molecule has 1 aromatic rings. The van der Waals surface area contributed by atoms with Crippen molar-refractivity contribution in [1.29, 1.82) is 0 Å². The molecule has 2 nitrogen and oxygen atoms in total. The molecule has 72 valence electrons. The highest BCUT2D eigenvalue weighted by Gasteiger charge is 1.94. The van der Waals surface area contributed by atoms with Gasteiger partial charge in [-0.25, -0.2) is 0 Å². The Balaban J connectivity index is 2.64. The summed E-state index contributed by atoms with van der Waals surface area (Å²) < 4.78 is 21.0. The lowest BCUT2D eigenvalue weighted by Gasteiger charge is -2.05. The Morgan fingerprint density at radius 3 is 2.46 bits per heavy atom. The lowest BCUT2D eigenvalue weighted by atomic mass is 10.4. The van der Waals surface area contributed by atoms with Crippen molar-refractivity contribution < 1.29 is 8.76 Å². The van der Waals surface area contributed by atoms with E-state index in [-0.39, 0.29) is 0 Å². The molecule has 0 aliphatic carbocycles. The van der Waals surface area contributed by atoms with Crippen LogP contribution in [0.25, 0.3) is 0 Å². The minimum atomic E-state index is -2.10. The van der Waals surface area contributed by atoms with Crippen LogP contribution < -0.4 is 0 Å². The molecule has 0 heterocycles. The molecule has 0 aliphatic heterocycles. The van der Waals surface area contributed by atoms with E-state index in [1.807, 2.05) is 12.1 Å². The predicted octanol–water partition coefficient (Wildman–Crippen LogP) is 2.43. The lowest BCUT2D eigenvalue weighted by molar-refractivity contribution is 0.537. The van der Waals surface area contributed by atoms with Crippen LogP contribution in [0.3, 0.4) is 0 Å². The van der Waals surface area contributed by atoms with Crippen LogP contribution in [0.1, 0.15) is 13.3 Å². The smallest absolute Gasteiger partial charge is 0.0249 e. The summed E-state index contributed by atoms with van der Waals surface area (Å²) in [5.41, 5.74) is 0. The van der Waals surface area contributed by atoms with Gasteiger partial charge in [-0.15, -0.1) is 11.8 Å². The fourth-order valence-corrected chi connectivity index (χ4v) is 1.99. The van der Waals surface area contributed by atoms with E-state index in [1.165, 1.54) is 0 Å². The first-order valence-electron chi connectivity index (χ1n) is 4.06. The monoisotopic (exact) mass is 215 g/mol. The minimum absolute atomic E-state index is 0.348. The topological polar surface area (TPSA) is 40.1 Å². The lowest BCUT2D eigenvalue weighted by Crippen LogP contribution is -1.87. The molecule has 0 saturated heterocycles. The van der Waals surface area contributed by atoms with E-state index < -0.39 is 11.1 Å². The van der Waals surface area contributed by atoms with Crippen molar-refractivity contribution in [3.63, 3.8) is 0 Å². The first-order chi connectivity index (χ1) is 6.24. The van der Waals surface area contributed by atoms with Crippen molar-refractivity contribution in [2.45, 2.75) is 23.1 Å². The maximum atomic E-state index is 10.5. The van der Waals surface area contributed by atoms with E-state index in [2.05, 4.69) is 6.92 Å². The van der Waals surface area contributed by atoms with E-state index in [9.17, 15) is 8.76 Å². The maximum Gasteiger partial charge on any atom is 0.0249 e. The van der Waals surface area contributed by atoms with Crippen molar-refractivity contribution in [1.82, 2.24) is 0 Å². The Morgan fingerprint density at radius 1 is 1.38 bits per heavy atom. The van der Waals surface area contributed by atoms with Crippen molar-refractivity contribution in [3.8, 4) is 0 Å². The van der Waals surface area contributed by atoms with Crippen LogP contribution in [0, 0.1) is 0 Å². The zero-order valence-corrected chi connectivity index (χ0v) is 8.99. The van der Waals surface area contributed by atoms with Crippen LogP contribution in [-0.2, 0) is 11.1 Å². The number of benzene rings is 1. The van der Waals surface area contributed by atoms with E-state index in [4.69, 9.17) is 0 Å². The fourth-order valence-electron chi connectivity index (χ4n) is 0.867. The molecule has 0 spiro atoms. The molecule has 1 unspecified atom stereocenters. The summed E-state index contributed by atoms with van der Waals surface area (Å²) >= 11 is -0.362. The minimum Gasteiger partial charge on any atom is -0.768 e. The zero-order valence-electron chi connectivity index (χ0n) is 7.36. The molecule has 0 bridgehead atoms. The molecule has 0 aromatic heterocycles. The van der Waals surface area contributed by atoms with E-state index >= 15 is 0 Å². The maximum absolute atomic E-state index is 10.5. The second kappa shape index (κ2) is 5.42. The summed E-state index contributed by atoms with van der Waals surface area (Å²) in [6.45, 7) is 2.12. The summed E-state index contributed by atoms with van der Waals surface area (Å²) in [4.78, 5) is 1.47. The van der Waals surface area contributed by atoms with Crippen molar-refractivity contribution >= 4 is 22.8 Å². The summed E-state index contributed by atoms with van der Waals surface area (Å²) in [6.07, 6.45) is 1.12. The van der Waals surface area contributed by atoms with Gasteiger partial charge in [0.2, 0.25) is 0 Å². The highest BCUT2D eigenvalue weighted by molar-refractivity contribution is 7.99. The molecule has 0 saturated carbocycles. The summed E-state index contributed by atoms with van der Waals surface area (Å²) in [7, 11) is 0. The van der Waals surface area contributed by atoms with Crippen LogP contribution >= 0.6 is 11.8 Å². The zero-order chi connectivity index (χ0) is 9.68. The molecule has 0 radical (unpaired) electrons. The van der Waals surface area contributed by atoms with Gasteiger partial charge in [0.1, 0.15) is 0 Å². The average Bonchev–Trinajstić information content (AvgIpc) is 2.15. The Kier molecular flexibility index (Phi) is 4.48. The summed E-state index contributed by atoms with van der Waals surface area (Å²) in [5, 5.41) is 0. The number of thioether (sulfide) groups is 1. The van der Waals surface area contributed by atoms with Gasteiger partial charge in [0.15, 0.2) is 0 Å². The predicted molar refractivity (Wildman–Crippen MR) is 54.6 cm³/mol. The Bertz CT molecular complexity index is 282. The summed E-state index contributed by atoms with van der Waals surface area (Å²) in [6, 6.07) is 6.93. The second-order valence-corrected chi connectivity index (χ2v) is 4.66. The number of hydrogen-bond acceptors (Lipinski definition) is 3. The normalized spacial score (nSPS) is 12.8. The fraction of sp³-hybridized carbons (Fsp3) is 0.333. The highest BCUT2D eigenvalue weighted by Crippen LogP contribution is 2.19. The molecule has 1 rings (SSSR count). The van der Waals surface area contributed by atoms with Crippen molar-refractivity contribution in [3.05, 3.63) is 24.3 Å². The van der Waals surface area contributed by atoms with Gasteiger partial charge >= 0.3 is 0 Å². The third-order valence-electron chi connectivity index (χ3n) is 1.49. The molecule has 0 N–H and O–H groups in total. The van der Waals surface area contributed by atoms with Crippen LogP contribution in [0.2, 0.25) is 0 Å². The number of rotatable bonds is 4. The third-order valence-corrected chi connectivity index (χ3v) is 3.36. The Morgan fingerprint density at radius 2 is 2.00 bits per heavy atom. The molecule has 0 amide bonds. The molecular weight excluding hydrogens is 204 g/mol. The van der Waals surface area contributed by atoms with E-state index in [1.54, 1.807) is 23.9 Å². The highest BCUT2D eigenvalue weighted by atomic mass is 32.2. The standard InChI is InChI=1S/C9H12O2S2/c1-2-7-12-8-3-5-9(6-4-8)13(10)11/h3-6H,2,7H2,1H3,(H,10,11)/p-1. The molecule has 0 fully saturated rings. The molecule has 1 atom stereocenters. The van der Waals surface area contributed by atoms with Gasteiger partial charge in [0.25, 0.3) is 0 Å². The van der Waals surface area contributed by atoms with Crippen molar-refractivity contribution in [2.24, 2.45) is 0 Å². The number of hydrogen-bond donors (Lipinski definition) is 0. The third kappa shape index (κ3) is 3.50. The molecule has 1 aromatic carbocycles. The molecule has 0 aliphatic rings. The molecular formula is C9H11O2S2-. The van der Waals surface area contributed by atoms with Gasteiger partial charge in [-0.05, 0) is 47.5 Å². The molecule has 13 heavy (non-hydrogen) atoms. The second-order valence-electron chi connectivity index (χ2n) is 2.55. The quantitative estimate of drug-likeness (QED) is 0.572. The van der Waals surface area contributed by atoms with Gasteiger partial charge in [0, 0.05) is 9.79 Å². The van der Waals surface area contributed by atoms with Gasteiger partial charge in [-0.2, -0.15) is 0 Å². The Labute approximate surface area is 85.0 Å². The van der Waals surface area contributed by atoms with Gasteiger partial charge in [-0.3, -0.25) is 4.21 Å². The van der Waals surface area contributed by atoms with Gasteiger partial charge in [0.05, 0.1) is 0 Å². The molecule has 4 heteroatoms. The van der Waals surface area contributed by atoms with Crippen molar-refractivity contribution in [2.75, 3.05) is 5.75 Å². The summed E-state index contributed by atoms with van der Waals surface area (Å²) in [5.74, 6) is 1.07. The van der Waals surface area contributed by atoms with Crippen LogP contribution in [0.15, 0.2) is 34.1 Å². The largest absolute Gasteiger partial charge is 0.768 e. The first kappa shape index (κ1) is 10.8. The van der Waals surface area contributed by atoms with Crippen LogP contribution in [0.5, 0.6) is 0 Å². The van der Waals surface area contributed by atoms with Crippen LogP contribution in [-0.4, -0.2) is 14.5 Å². The van der Waals surface area contributed by atoms with Crippen LogP contribution in [0.4, 0.5) is 0 Å². The van der Waals surface area contributed by atoms with E-state index in [0.717, 1.165) is 17.1 Å². The average molecular weight is 215 g/mol. The SMILES string of the molecule is CCCSc1ccc(S(=O)[O-])cc1. The van der Waals surface area contributed by atoms with Gasteiger partial charge in [-0.1, -0.05) is 6.92 Å². The first-order valence-corrected chi connectivity index (χ1v) is 6.12. The van der Waals surface area contributed by atoms with Gasteiger partial charge < -0.3 is 4.55 Å². The Hall–Kier alpha value is -0.320. The van der Waals surface area contributed by atoms with E-state index in [0.29, 0.717) is 4.90 Å².